The largest absolute Gasteiger partial charge is 0.477 e. The molecule has 0 atom stereocenters. The van der Waals surface area contributed by atoms with Crippen molar-refractivity contribution >= 4 is 34.3 Å². The Kier molecular flexibility index (Phi) is 4.27. The first-order chi connectivity index (χ1) is 9.54. The van der Waals surface area contributed by atoms with Gasteiger partial charge < -0.3 is 10.4 Å². The molecule has 0 fully saturated rings. The third kappa shape index (κ3) is 3.76. The maximum atomic E-state index is 12.7. The number of amides is 1. The number of nitrogens with one attached hydrogen (secondary N) is 1. The zero-order valence-corrected chi connectivity index (χ0v) is 11.0. The highest BCUT2D eigenvalue weighted by atomic mass is 32.1. The van der Waals surface area contributed by atoms with Crippen molar-refractivity contribution in [3.05, 3.63) is 58.7 Å². The average Bonchev–Trinajstić information content (AvgIpc) is 2.87. The first kappa shape index (κ1) is 14.0. The molecule has 6 heteroatoms. The highest BCUT2D eigenvalue weighted by Gasteiger charge is 2.07. The molecule has 0 aliphatic heterocycles. The molecule has 1 aromatic carbocycles. The molecule has 2 N–H and O–H groups in total. The Morgan fingerprint density at radius 2 is 1.85 bits per heavy atom. The van der Waals surface area contributed by atoms with Crippen LogP contribution in [-0.2, 0) is 4.79 Å². The molecule has 0 aliphatic carbocycles. The first-order valence-corrected chi connectivity index (χ1v) is 6.44. The number of carboxylic acids is 1. The zero-order chi connectivity index (χ0) is 14.5. The van der Waals surface area contributed by atoms with Gasteiger partial charge in [-0.05, 0) is 35.9 Å². The van der Waals surface area contributed by atoms with E-state index in [1.54, 1.807) is 18.2 Å². The maximum absolute atomic E-state index is 12.7. The summed E-state index contributed by atoms with van der Waals surface area (Å²) in [6, 6.07) is 8.65. The fourth-order valence-corrected chi connectivity index (χ4v) is 2.18. The van der Waals surface area contributed by atoms with E-state index >= 15 is 0 Å². The van der Waals surface area contributed by atoms with E-state index in [0.29, 0.717) is 10.6 Å². The number of rotatable bonds is 4. The second kappa shape index (κ2) is 6.12. The van der Waals surface area contributed by atoms with E-state index in [0.717, 1.165) is 11.3 Å². The van der Waals surface area contributed by atoms with Crippen LogP contribution in [0.25, 0.3) is 6.08 Å². The molecule has 2 aromatic rings. The standard InChI is InChI=1S/C14H10FNO3S/c15-10-4-1-9(2-5-10)3-7-12(17)16-13-8-6-11(20-13)14(18)19/h1-8H,(H,16,17)(H,18,19)/b7-3+. The SMILES string of the molecule is O=C(/C=C/c1ccc(F)cc1)Nc1ccc(C(=O)O)s1. The summed E-state index contributed by atoms with van der Waals surface area (Å²) in [7, 11) is 0. The normalized spacial score (nSPS) is 10.7. The van der Waals surface area contributed by atoms with Gasteiger partial charge in [0.15, 0.2) is 0 Å². The number of halogens is 1. The van der Waals surface area contributed by atoms with E-state index in [1.165, 1.54) is 30.3 Å². The quantitative estimate of drug-likeness (QED) is 0.850. The summed E-state index contributed by atoms with van der Waals surface area (Å²) in [5.41, 5.74) is 0.693. The van der Waals surface area contributed by atoms with Crippen LogP contribution in [-0.4, -0.2) is 17.0 Å². The van der Waals surface area contributed by atoms with Gasteiger partial charge in [0, 0.05) is 6.08 Å². The number of benzene rings is 1. The Balaban J connectivity index is 1.97. The molecule has 0 bridgehead atoms. The molecule has 0 unspecified atom stereocenters. The number of aromatic carboxylic acids is 1. The minimum Gasteiger partial charge on any atom is -0.477 e. The molecule has 102 valence electrons. The molecule has 2 rings (SSSR count). The number of anilines is 1. The van der Waals surface area contributed by atoms with Gasteiger partial charge in [0.25, 0.3) is 0 Å². The minimum absolute atomic E-state index is 0.155. The number of carbonyl (C=O) groups excluding carboxylic acids is 1. The molecule has 0 aliphatic rings. The molecular weight excluding hydrogens is 281 g/mol. The number of carbonyl (C=O) groups is 2. The van der Waals surface area contributed by atoms with Crippen LogP contribution in [0.15, 0.2) is 42.5 Å². The molecule has 1 heterocycles. The van der Waals surface area contributed by atoms with E-state index in [1.807, 2.05) is 0 Å². The van der Waals surface area contributed by atoms with E-state index in [9.17, 15) is 14.0 Å². The lowest BCUT2D eigenvalue weighted by Crippen LogP contribution is -2.06. The highest BCUT2D eigenvalue weighted by Crippen LogP contribution is 2.21. The van der Waals surface area contributed by atoms with E-state index in [2.05, 4.69) is 5.32 Å². The lowest BCUT2D eigenvalue weighted by Gasteiger charge is -1.97. The van der Waals surface area contributed by atoms with Crippen molar-refractivity contribution in [3.63, 3.8) is 0 Å². The van der Waals surface area contributed by atoms with Crippen molar-refractivity contribution in [2.24, 2.45) is 0 Å². The van der Waals surface area contributed by atoms with Crippen molar-refractivity contribution in [1.29, 1.82) is 0 Å². The summed E-state index contributed by atoms with van der Waals surface area (Å²) < 4.78 is 12.7. The van der Waals surface area contributed by atoms with Crippen LogP contribution in [0.4, 0.5) is 9.39 Å². The molecule has 20 heavy (non-hydrogen) atoms. The summed E-state index contributed by atoms with van der Waals surface area (Å²) in [4.78, 5) is 22.5. The first-order valence-electron chi connectivity index (χ1n) is 5.62. The Bertz CT molecular complexity index is 661. The zero-order valence-electron chi connectivity index (χ0n) is 10.2. The average molecular weight is 291 g/mol. The van der Waals surface area contributed by atoms with Crippen LogP contribution in [0.1, 0.15) is 15.2 Å². The highest BCUT2D eigenvalue weighted by molar-refractivity contribution is 7.18. The van der Waals surface area contributed by atoms with Gasteiger partial charge in [0.1, 0.15) is 10.7 Å². The summed E-state index contributed by atoms with van der Waals surface area (Å²) in [6.07, 6.45) is 2.84. The van der Waals surface area contributed by atoms with Gasteiger partial charge in [-0.1, -0.05) is 12.1 Å². The number of hydrogen-bond acceptors (Lipinski definition) is 3. The minimum atomic E-state index is -1.03. The van der Waals surface area contributed by atoms with Crippen LogP contribution in [0, 0.1) is 5.82 Å². The Morgan fingerprint density at radius 3 is 2.45 bits per heavy atom. The van der Waals surface area contributed by atoms with Gasteiger partial charge in [0.2, 0.25) is 5.91 Å². The second-order valence-corrected chi connectivity index (χ2v) is 4.93. The van der Waals surface area contributed by atoms with Crippen LogP contribution in [0.5, 0.6) is 0 Å². The molecule has 1 aromatic heterocycles. The van der Waals surface area contributed by atoms with E-state index in [-0.39, 0.29) is 16.6 Å². The number of thiophene rings is 1. The third-order valence-corrected chi connectivity index (χ3v) is 3.35. The van der Waals surface area contributed by atoms with Gasteiger partial charge in [-0.3, -0.25) is 4.79 Å². The van der Waals surface area contributed by atoms with Crippen LogP contribution >= 0.6 is 11.3 Å². The maximum Gasteiger partial charge on any atom is 0.345 e. The smallest absolute Gasteiger partial charge is 0.345 e. The van der Waals surface area contributed by atoms with Crippen molar-refractivity contribution in [3.8, 4) is 0 Å². The predicted octanol–water partition coefficient (Wildman–Crippen LogP) is 3.24. The summed E-state index contributed by atoms with van der Waals surface area (Å²) in [5.74, 6) is -1.75. The summed E-state index contributed by atoms with van der Waals surface area (Å²) in [6.45, 7) is 0. The number of hydrogen-bond donors (Lipinski definition) is 2. The van der Waals surface area contributed by atoms with Crippen molar-refractivity contribution in [2.75, 3.05) is 5.32 Å². The summed E-state index contributed by atoms with van der Waals surface area (Å²) in [5, 5.41) is 11.8. The molecule has 4 nitrogen and oxygen atoms in total. The lowest BCUT2D eigenvalue weighted by atomic mass is 10.2. The number of carboxylic acid groups (broad SMARTS) is 1. The van der Waals surface area contributed by atoms with Crippen LogP contribution in [0.2, 0.25) is 0 Å². The molecule has 0 saturated heterocycles. The van der Waals surface area contributed by atoms with E-state index in [4.69, 9.17) is 5.11 Å². The molecule has 0 saturated carbocycles. The fraction of sp³-hybridized carbons (Fsp3) is 0. The summed E-state index contributed by atoms with van der Waals surface area (Å²) >= 11 is 0.978. The van der Waals surface area contributed by atoms with Gasteiger partial charge in [0.05, 0.1) is 5.00 Å². The Labute approximate surface area is 118 Å². The molecule has 0 spiro atoms. The second-order valence-electron chi connectivity index (χ2n) is 3.84. The molecule has 0 radical (unpaired) electrons. The molecular formula is C14H10FNO3S. The third-order valence-electron chi connectivity index (χ3n) is 2.36. The predicted molar refractivity (Wildman–Crippen MR) is 75.3 cm³/mol. The van der Waals surface area contributed by atoms with Crippen molar-refractivity contribution in [2.45, 2.75) is 0 Å². The van der Waals surface area contributed by atoms with Gasteiger partial charge in [-0.25, -0.2) is 9.18 Å². The topological polar surface area (TPSA) is 66.4 Å². The Hall–Kier alpha value is -2.47. The van der Waals surface area contributed by atoms with E-state index < -0.39 is 5.97 Å². The lowest BCUT2D eigenvalue weighted by molar-refractivity contribution is -0.111. The van der Waals surface area contributed by atoms with Crippen LogP contribution < -0.4 is 5.32 Å². The van der Waals surface area contributed by atoms with Gasteiger partial charge >= 0.3 is 5.97 Å². The van der Waals surface area contributed by atoms with Crippen molar-refractivity contribution < 1.29 is 19.1 Å². The van der Waals surface area contributed by atoms with Crippen molar-refractivity contribution in [1.82, 2.24) is 0 Å². The Morgan fingerprint density at radius 1 is 1.15 bits per heavy atom. The molecule has 1 amide bonds. The fourth-order valence-electron chi connectivity index (χ4n) is 1.43. The van der Waals surface area contributed by atoms with Crippen LogP contribution in [0.3, 0.4) is 0 Å². The van der Waals surface area contributed by atoms with Gasteiger partial charge in [-0.2, -0.15) is 0 Å². The van der Waals surface area contributed by atoms with Gasteiger partial charge in [-0.15, -0.1) is 11.3 Å². The monoisotopic (exact) mass is 291 g/mol.